The summed E-state index contributed by atoms with van der Waals surface area (Å²) in [5.74, 6) is -0.710. The zero-order valence-electron chi connectivity index (χ0n) is 14.7. The van der Waals surface area contributed by atoms with Gasteiger partial charge in [0.15, 0.2) is 6.61 Å². The lowest BCUT2D eigenvalue weighted by molar-refractivity contribution is -0.143. The number of aromatic nitrogens is 2. The van der Waals surface area contributed by atoms with Gasteiger partial charge in [-0.25, -0.2) is 9.78 Å². The van der Waals surface area contributed by atoms with Crippen molar-refractivity contribution in [3.8, 4) is 5.75 Å². The Bertz CT molecular complexity index is 919. The number of rotatable bonds is 6. The fourth-order valence-corrected chi connectivity index (χ4v) is 3.03. The molecule has 1 aliphatic rings. The van der Waals surface area contributed by atoms with Gasteiger partial charge in [-0.05, 0) is 30.5 Å². The van der Waals surface area contributed by atoms with Crippen molar-refractivity contribution in [2.45, 2.75) is 39.3 Å². The molecule has 2 N–H and O–H groups in total. The second-order valence-corrected chi connectivity index (χ2v) is 6.68. The van der Waals surface area contributed by atoms with Gasteiger partial charge in [0.2, 0.25) is 0 Å². The predicted octanol–water partition coefficient (Wildman–Crippen LogP) is 0.947. The van der Waals surface area contributed by atoms with Crippen LogP contribution in [0.4, 0.5) is 0 Å². The molecule has 3 rings (SSSR count). The molecule has 0 fully saturated rings. The van der Waals surface area contributed by atoms with E-state index in [0.29, 0.717) is 23.2 Å². The number of aliphatic carboxylic acids is 1. The van der Waals surface area contributed by atoms with Crippen molar-refractivity contribution in [1.29, 1.82) is 0 Å². The fraction of sp³-hybridized carbons (Fsp3) is 0.444. The summed E-state index contributed by atoms with van der Waals surface area (Å²) < 4.78 is 7.10. The van der Waals surface area contributed by atoms with Crippen molar-refractivity contribution in [2.24, 2.45) is 5.92 Å². The van der Waals surface area contributed by atoms with Crippen LogP contribution in [0.15, 0.2) is 23.0 Å². The fourth-order valence-electron chi connectivity index (χ4n) is 3.03. The zero-order valence-corrected chi connectivity index (χ0v) is 14.7. The summed E-state index contributed by atoms with van der Waals surface area (Å²) in [6.07, 6.45) is 1.70. The standard InChI is InChI=1S/C18H21N3O5/c1-10(2)16(18(24)25)20-15(22)9-26-11-5-6-13-12(8-11)17(23)21-7-3-4-14(21)19-13/h5-6,8,10,16H,3-4,7,9H2,1-2H3,(H,20,22)(H,24,25). The molecule has 0 saturated heterocycles. The molecule has 1 aromatic heterocycles. The molecular formula is C18H21N3O5. The van der Waals surface area contributed by atoms with Crippen LogP contribution in [0, 0.1) is 5.92 Å². The van der Waals surface area contributed by atoms with Crippen LogP contribution in [0.5, 0.6) is 5.75 Å². The third-order valence-electron chi connectivity index (χ3n) is 4.41. The van der Waals surface area contributed by atoms with Gasteiger partial charge in [0.25, 0.3) is 11.5 Å². The highest BCUT2D eigenvalue weighted by atomic mass is 16.5. The molecule has 1 atom stereocenters. The number of nitrogens with one attached hydrogen (secondary N) is 1. The number of carboxylic acid groups (broad SMARTS) is 1. The monoisotopic (exact) mass is 359 g/mol. The first-order valence-corrected chi connectivity index (χ1v) is 8.55. The van der Waals surface area contributed by atoms with Crippen LogP contribution < -0.4 is 15.6 Å². The Labute approximate surface area is 149 Å². The number of carbonyl (C=O) groups excluding carboxylic acids is 1. The molecule has 0 bridgehead atoms. The maximum atomic E-state index is 12.5. The van der Waals surface area contributed by atoms with Crippen LogP contribution in [0.25, 0.3) is 10.9 Å². The lowest BCUT2D eigenvalue weighted by Gasteiger charge is -2.18. The molecule has 0 spiro atoms. The van der Waals surface area contributed by atoms with Crippen molar-refractivity contribution >= 4 is 22.8 Å². The van der Waals surface area contributed by atoms with E-state index in [-0.39, 0.29) is 18.1 Å². The predicted molar refractivity (Wildman–Crippen MR) is 94.2 cm³/mol. The first kappa shape index (κ1) is 17.9. The Morgan fingerprint density at radius 3 is 2.85 bits per heavy atom. The SMILES string of the molecule is CC(C)C(NC(=O)COc1ccc2nc3n(c(=O)c2c1)CCC3)C(=O)O. The molecule has 1 aliphatic heterocycles. The lowest BCUT2D eigenvalue weighted by atomic mass is 10.1. The molecule has 8 nitrogen and oxygen atoms in total. The molecule has 2 aromatic rings. The van der Waals surface area contributed by atoms with E-state index in [1.54, 1.807) is 36.6 Å². The number of hydrogen-bond acceptors (Lipinski definition) is 5. The maximum Gasteiger partial charge on any atom is 0.326 e. The van der Waals surface area contributed by atoms with Crippen LogP contribution in [0.3, 0.4) is 0 Å². The van der Waals surface area contributed by atoms with E-state index in [9.17, 15) is 14.4 Å². The molecule has 1 amide bonds. The quantitative estimate of drug-likeness (QED) is 0.794. The Hall–Kier alpha value is -2.90. The molecule has 1 unspecified atom stereocenters. The summed E-state index contributed by atoms with van der Waals surface area (Å²) in [6.45, 7) is 3.75. The molecule has 0 aliphatic carbocycles. The highest BCUT2D eigenvalue weighted by molar-refractivity contribution is 5.84. The number of benzene rings is 1. The van der Waals surface area contributed by atoms with Crippen molar-refractivity contribution < 1.29 is 19.4 Å². The van der Waals surface area contributed by atoms with Crippen LogP contribution in [0.2, 0.25) is 0 Å². The van der Waals surface area contributed by atoms with E-state index in [2.05, 4.69) is 10.3 Å². The van der Waals surface area contributed by atoms with Gasteiger partial charge in [-0.1, -0.05) is 13.8 Å². The van der Waals surface area contributed by atoms with Crippen LogP contribution in [-0.4, -0.2) is 39.2 Å². The van der Waals surface area contributed by atoms with Gasteiger partial charge >= 0.3 is 5.97 Å². The number of carboxylic acids is 1. The average Bonchev–Trinajstić information content (AvgIpc) is 3.06. The topological polar surface area (TPSA) is 111 Å². The Kier molecular flexibility index (Phi) is 4.92. The molecule has 138 valence electrons. The number of amides is 1. The smallest absolute Gasteiger partial charge is 0.326 e. The van der Waals surface area contributed by atoms with Gasteiger partial charge in [-0.3, -0.25) is 14.2 Å². The highest BCUT2D eigenvalue weighted by Crippen LogP contribution is 2.19. The highest BCUT2D eigenvalue weighted by Gasteiger charge is 2.23. The second-order valence-electron chi connectivity index (χ2n) is 6.68. The summed E-state index contributed by atoms with van der Waals surface area (Å²) in [6, 6.07) is 3.93. The summed E-state index contributed by atoms with van der Waals surface area (Å²) in [5.41, 5.74) is 0.494. The molecule has 26 heavy (non-hydrogen) atoms. The third-order valence-corrected chi connectivity index (χ3v) is 4.41. The summed E-state index contributed by atoms with van der Waals surface area (Å²) in [4.78, 5) is 40.1. The first-order valence-electron chi connectivity index (χ1n) is 8.55. The number of hydrogen-bond donors (Lipinski definition) is 2. The van der Waals surface area contributed by atoms with Crippen LogP contribution in [-0.2, 0) is 22.6 Å². The minimum absolute atomic E-state index is 0.108. The van der Waals surface area contributed by atoms with Gasteiger partial charge in [-0.2, -0.15) is 0 Å². The van der Waals surface area contributed by atoms with Gasteiger partial charge in [0, 0.05) is 13.0 Å². The van der Waals surface area contributed by atoms with Gasteiger partial charge < -0.3 is 15.2 Å². The number of aryl methyl sites for hydroxylation is 1. The van der Waals surface area contributed by atoms with Crippen molar-refractivity contribution in [3.63, 3.8) is 0 Å². The molecular weight excluding hydrogens is 338 g/mol. The van der Waals surface area contributed by atoms with Crippen molar-refractivity contribution in [1.82, 2.24) is 14.9 Å². The van der Waals surface area contributed by atoms with Crippen molar-refractivity contribution in [3.05, 3.63) is 34.4 Å². The normalized spacial score (nSPS) is 14.3. The van der Waals surface area contributed by atoms with E-state index in [4.69, 9.17) is 9.84 Å². The minimum atomic E-state index is -1.09. The van der Waals surface area contributed by atoms with Crippen LogP contribution in [0.1, 0.15) is 26.1 Å². The van der Waals surface area contributed by atoms with Gasteiger partial charge in [0.05, 0.1) is 10.9 Å². The zero-order chi connectivity index (χ0) is 18.8. The van der Waals surface area contributed by atoms with Gasteiger partial charge in [0.1, 0.15) is 17.6 Å². The minimum Gasteiger partial charge on any atom is -0.484 e. The first-order chi connectivity index (χ1) is 12.4. The average molecular weight is 359 g/mol. The molecule has 0 saturated carbocycles. The largest absolute Gasteiger partial charge is 0.484 e. The number of carbonyl (C=O) groups is 2. The van der Waals surface area contributed by atoms with E-state index in [0.717, 1.165) is 18.7 Å². The summed E-state index contributed by atoms with van der Waals surface area (Å²) >= 11 is 0. The van der Waals surface area contributed by atoms with E-state index < -0.39 is 17.9 Å². The summed E-state index contributed by atoms with van der Waals surface area (Å²) in [5, 5.41) is 12.0. The van der Waals surface area contributed by atoms with Crippen LogP contribution >= 0.6 is 0 Å². The molecule has 1 aromatic carbocycles. The Morgan fingerprint density at radius 2 is 2.15 bits per heavy atom. The Balaban J connectivity index is 1.73. The van der Waals surface area contributed by atoms with E-state index >= 15 is 0 Å². The number of nitrogens with zero attached hydrogens (tertiary/aromatic N) is 2. The Morgan fingerprint density at radius 1 is 1.38 bits per heavy atom. The second kappa shape index (κ2) is 7.15. The lowest BCUT2D eigenvalue weighted by Crippen LogP contribution is -2.46. The van der Waals surface area contributed by atoms with Crippen molar-refractivity contribution in [2.75, 3.05) is 6.61 Å². The summed E-state index contributed by atoms with van der Waals surface area (Å²) in [7, 11) is 0. The molecule has 0 radical (unpaired) electrons. The third kappa shape index (κ3) is 3.54. The maximum absolute atomic E-state index is 12.5. The van der Waals surface area contributed by atoms with E-state index in [1.807, 2.05) is 0 Å². The number of ether oxygens (including phenoxy) is 1. The number of fused-ring (bicyclic) bond motifs is 2. The molecule has 2 heterocycles. The molecule has 8 heteroatoms. The van der Waals surface area contributed by atoms with E-state index in [1.165, 1.54) is 0 Å². The van der Waals surface area contributed by atoms with Gasteiger partial charge in [-0.15, -0.1) is 0 Å².